The first-order chi connectivity index (χ1) is 11.7. The summed E-state index contributed by atoms with van der Waals surface area (Å²) in [5.41, 5.74) is 1.62. The van der Waals surface area contributed by atoms with Crippen LogP contribution in [0.1, 0.15) is 29.6 Å². The molecule has 0 saturated heterocycles. The molecule has 2 bridgehead atoms. The van der Waals surface area contributed by atoms with E-state index in [2.05, 4.69) is 12.1 Å². The van der Waals surface area contributed by atoms with Gasteiger partial charge in [-0.25, -0.2) is 9.36 Å². The Bertz CT molecular complexity index is 1140. The van der Waals surface area contributed by atoms with Crippen LogP contribution in [0.2, 0.25) is 0 Å². The van der Waals surface area contributed by atoms with Gasteiger partial charge in [-0.1, -0.05) is 36.4 Å². The number of rotatable bonds is 1. The van der Waals surface area contributed by atoms with Gasteiger partial charge in [-0.3, -0.25) is 4.57 Å². The fourth-order valence-electron chi connectivity index (χ4n) is 4.06. The van der Waals surface area contributed by atoms with Crippen molar-refractivity contribution in [1.82, 2.24) is 9.13 Å². The second kappa shape index (κ2) is 4.39. The van der Waals surface area contributed by atoms with Crippen LogP contribution in [-0.2, 0) is 0 Å². The van der Waals surface area contributed by atoms with Crippen LogP contribution in [0.4, 0.5) is 0 Å². The number of hydrogen-bond donors (Lipinski definition) is 1. The third-order valence-corrected chi connectivity index (χ3v) is 5.10. The molecule has 0 amide bonds. The van der Waals surface area contributed by atoms with E-state index in [-0.39, 0.29) is 23.5 Å². The van der Waals surface area contributed by atoms with Gasteiger partial charge in [0.2, 0.25) is 5.88 Å². The second-order valence-corrected chi connectivity index (χ2v) is 6.28. The molecular weight excluding hydrogens is 302 g/mol. The number of allylic oxidation sites excluding steroid dienone is 2. The van der Waals surface area contributed by atoms with Crippen LogP contribution in [0, 0.1) is 11.3 Å². The van der Waals surface area contributed by atoms with Gasteiger partial charge in [0.1, 0.15) is 0 Å². The Kier molecular flexibility index (Phi) is 2.42. The minimum absolute atomic E-state index is 0.00621. The van der Waals surface area contributed by atoms with Gasteiger partial charge in [0.05, 0.1) is 29.1 Å². The van der Waals surface area contributed by atoms with Crippen LogP contribution in [0.15, 0.2) is 53.3 Å². The highest BCUT2D eigenvalue weighted by Gasteiger charge is 2.39. The first-order valence-corrected chi connectivity index (χ1v) is 7.87. The highest BCUT2D eigenvalue weighted by atomic mass is 16.3. The van der Waals surface area contributed by atoms with Crippen molar-refractivity contribution in [3.05, 3.63) is 70.3 Å². The summed E-state index contributed by atoms with van der Waals surface area (Å²) < 4.78 is 3.05. The van der Waals surface area contributed by atoms with Crippen LogP contribution < -0.4 is 5.69 Å². The molecule has 5 nitrogen and oxygen atoms in total. The largest absolute Gasteiger partial charge is 0.493 e. The molecule has 116 valence electrons. The first kappa shape index (κ1) is 13.2. The van der Waals surface area contributed by atoms with Gasteiger partial charge >= 0.3 is 5.69 Å². The normalized spacial score (nSPS) is 20.5. The smallest absolute Gasteiger partial charge is 0.336 e. The second-order valence-electron chi connectivity index (χ2n) is 6.28. The van der Waals surface area contributed by atoms with Crippen molar-refractivity contribution in [2.24, 2.45) is 0 Å². The van der Waals surface area contributed by atoms with Gasteiger partial charge in [-0.15, -0.1) is 0 Å². The maximum Gasteiger partial charge on any atom is 0.336 e. The van der Waals surface area contributed by atoms with Crippen molar-refractivity contribution in [2.75, 3.05) is 0 Å². The molecule has 5 rings (SSSR count). The Morgan fingerprint density at radius 1 is 1.12 bits per heavy atom. The zero-order valence-corrected chi connectivity index (χ0v) is 12.7. The summed E-state index contributed by atoms with van der Waals surface area (Å²) in [5.74, 6) is 0.111. The molecule has 5 heteroatoms. The van der Waals surface area contributed by atoms with Crippen molar-refractivity contribution in [3.8, 4) is 17.6 Å². The van der Waals surface area contributed by atoms with Crippen molar-refractivity contribution in [1.29, 1.82) is 5.26 Å². The highest BCUT2D eigenvalue weighted by molar-refractivity contribution is 5.94. The summed E-state index contributed by atoms with van der Waals surface area (Å²) in [6.07, 6.45) is 4.94. The number of aromatic hydroxyl groups is 1. The van der Waals surface area contributed by atoms with Gasteiger partial charge in [0.25, 0.3) is 0 Å². The van der Waals surface area contributed by atoms with Crippen LogP contribution >= 0.6 is 0 Å². The topological polar surface area (TPSA) is 71.0 Å². The number of nitrogens with zero attached hydrogens (tertiary/aromatic N) is 3. The fraction of sp³-hybridized carbons (Fsp3) is 0.158. The van der Waals surface area contributed by atoms with Crippen molar-refractivity contribution in [3.63, 3.8) is 0 Å². The molecule has 3 aromatic rings. The summed E-state index contributed by atoms with van der Waals surface area (Å²) in [6.45, 7) is 0. The predicted molar refractivity (Wildman–Crippen MR) is 89.4 cm³/mol. The van der Waals surface area contributed by atoms with Crippen LogP contribution in [0.3, 0.4) is 0 Å². The minimum atomic E-state index is -0.228. The quantitative estimate of drug-likeness (QED) is 0.702. The zero-order chi connectivity index (χ0) is 16.4. The summed E-state index contributed by atoms with van der Waals surface area (Å²) in [6, 6.07) is 13.1. The van der Waals surface area contributed by atoms with E-state index in [1.54, 1.807) is 16.7 Å². The Labute approximate surface area is 137 Å². The third-order valence-electron chi connectivity index (χ3n) is 5.10. The Morgan fingerprint density at radius 3 is 2.67 bits per heavy atom. The van der Waals surface area contributed by atoms with E-state index in [1.165, 1.54) is 4.57 Å². The molecule has 24 heavy (non-hydrogen) atoms. The number of benzene rings is 2. The van der Waals surface area contributed by atoms with Crippen molar-refractivity contribution < 1.29 is 5.11 Å². The molecule has 1 N–H and O–H groups in total. The van der Waals surface area contributed by atoms with E-state index >= 15 is 0 Å². The van der Waals surface area contributed by atoms with Crippen molar-refractivity contribution in [2.45, 2.75) is 18.4 Å². The predicted octanol–water partition coefficient (Wildman–Crippen LogP) is 2.97. The van der Waals surface area contributed by atoms with E-state index in [1.807, 2.05) is 30.3 Å². The standard InChI is InChI=1S/C19H13N3O2/c20-10-12-6-8-16(15-4-2-1-3-14(12)15)22-18(23)17-11-5-7-13(9-11)21(17)19(22)24/h1-8,11,13,23H,9H2/t11-,13+/m1/s1. The number of aromatic nitrogens is 2. The molecule has 0 saturated carbocycles. The zero-order valence-electron chi connectivity index (χ0n) is 12.7. The van der Waals surface area contributed by atoms with E-state index in [4.69, 9.17) is 0 Å². The molecular formula is C19H13N3O2. The molecule has 1 aliphatic heterocycles. The average Bonchev–Trinajstić information content (AvgIpc) is 3.28. The van der Waals surface area contributed by atoms with Gasteiger partial charge in [0, 0.05) is 16.7 Å². The maximum absolute atomic E-state index is 12.9. The van der Waals surface area contributed by atoms with Crippen LogP contribution in [0.5, 0.6) is 5.88 Å². The summed E-state index contributed by atoms with van der Waals surface area (Å²) in [4.78, 5) is 12.9. The first-order valence-electron chi connectivity index (χ1n) is 7.87. The summed E-state index contributed by atoms with van der Waals surface area (Å²) >= 11 is 0. The molecule has 2 atom stereocenters. The lowest BCUT2D eigenvalue weighted by molar-refractivity contribution is 0.433. The lowest BCUT2D eigenvalue weighted by atomic mass is 10.0. The average molecular weight is 315 g/mol. The molecule has 2 heterocycles. The number of hydrogen-bond acceptors (Lipinski definition) is 3. The van der Waals surface area contributed by atoms with Gasteiger partial charge in [-0.05, 0) is 18.6 Å². The molecule has 2 aromatic carbocycles. The fourth-order valence-corrected chi connectivity index (χ4v) is 4.06. The van der Waals surface area contributed by atoms with E-state index in [0.29, 0.717) is 16.9 Å². The van der Waals surface area contributed by atoms with E-state index < -0.39 is 0 Å². The Balaban J connectivity index is 1.86. The lowest BCUT2D eigenvalue weighted by Gasteiger charge is -2.10. The molecule has 1 aromatic heterocycles. The molecule has 0 unspecified atom stereocenters. The molecule has 1 aliphatic carbocycles. The van der Waals surface area contributed by atoms with Gasteiger partial charge < -0.3 is 5.11 Å². The van der Waals surface area contributed by atoms with Crippen molar-refractivity contribution >= 4 is 10.8 Å². The Hall–Kier alpha value is -3.26. The Morgan fingerprint density at radius 2 is 1.92 bits per heavy atom. The summed E-state index contributed by atoms with van der Waals surface area (Å²) in [5, 5.41) is 21.6. The molecule has 0 radical (unpaired) electrons. The third kappa shape index (κ3) is 1.45. The van der Waals surface area contributed by atoms with Gasteiger partial charge in [-0.2, -0.15) is 5.26 Å². The SMILES string of the molecule is N#Cc1ccc(-n2c(O)c3n(c2=O)[C@H]2C=C[C@@H]3C2)c2ccccc12. The van der Waals surface area contributed by atoms with E-state index in [9.17, 15) is 15.2 Å². The molecule has 0 spiro atoms. The van der Waals surface area contributed by atoms with Crippen LogP contribution in [-0.4, -0.2) is 14.2 Å². The number of imidazole rings is 1. The minimum Gasteiger partial charge on any atom is -0.493 e. The maximum atomic E-state index is 12.9. The lowest BCUT2D eigenvalue weighted by Crippen LogP contribution is -2.24. The monoisotopic (exact) mass is 315 g/mol. The number of nitriles is 1. The van der Waals surface area contributed by atoms with Gasteiger partial charge in [0.15, 0.2) is 0 Å². The van der Waals surface area contributed by atoms with Crippen LogP contribution in [0.25, 0.3) is 16.5 Å². The molecule has 0 fully saturated rings. The highest BCUT2D eigenvalue weighted by Crippen LogP contribution is 2.46. The summed E-state index contributed by atoms with van der Waals surface area (Å²) in [7, 11) is 0. The molecule has 2 aliphatic rings. The van der Waals surface area contributed by atoms with E-state index in [0.717, 1.165) is 17.2 Å². The number of fused-ring (bicyclic) bond motifs is 6.